The minimum Gasteiger partial charge on any atom is -0.465 e. The Bertz CT molecular complexity index is 883. The highest BCUT2D eigenvalue weighted by atomic mass is 16.6. The third-order valence-corrected chi connectivity index (χ3v) is 8.26. The van der Waals surface area contributed by atoms with Gasteiger partial charge in [-0.15, -0.1) is 0 Å². The molecule has 4 aliphatic heterocycles. The molecule has 6 atom stereocenters. The van der Waals surface area contributed by atoms with Crippen LogP contribution in [0.1, 0.15) is 65.7 Å². The van der Waals surface area contributed by atoms with Crippen LogP contribution in [0, 0.1) is 11.8 Å². The van der Waals surface area contributed by atoms with Gasteiger partial charge in [0.25, 0.3) is 0 Å². The van der Waals surface area contributed by atoms with Crippen LogP contribution in [0.25, 0.3) is 0 Å². The van der Waals surface area contributed by atoms with Gasteiger partial charge >= 0.3 is 5.97 Å². The molecule has 0 saturated carbocycles. The summed E-state index contributed by atoms with van der Waals surface area (Å²) in [7, 11) is 0. The zero-order valence-corrected chi connectivity index (χ0v) is 21.3. The zero-order valence-electron chi connectivity index (χ0n) is 21.3. The first-order chi connectivity index (χ1) is 16.9. The van der Waals surface area contributed by atoms with Crippen LogP contribution >= 0.6 is 0 Å². The van der Waals surface area contributed by atoms with Crippen LogP contribution in [0.5, 0.6) is 0 Å². The molecule has 0 aliphatic carbocycles. The smallest absolute Gasteiger partial charge is 0.313 e. The zero-order chi connectivity index (χ0) is 25.2. The average molecular weight is 489 g/mol. The van der Waals surface area contributed by atoms with Crippen molar-refractivity contribution in [3.8, 4) is 0 Å². The van der Waals surface area contributed by atoms with Gasteiger partial charge in [0, 0.05) is 13.1 Å². The first-order valence-electron chi connectivity index (χ1n) is 13.3. The van der Waals surface area contributed by atoms with Gasteiger partial charge in [0.2, 0.25) is 11.8 Å². The van der Waals surface area contributed by atoms with Crippen molar-refractivity contribution in [3.63, 3.8) is 0 Å². The highest BCUT2D eigenvalue weighted by Crippen LogP contribution is 2.58. The molecule has 2 saturated heterocycles. The van der Waals surface area contributed by atoms with Crippen LogP contribution in [-0.4, -0.2) is 82.3 Å². The number of hydrogen-bond donors (Lipinski definition) is 1. The topological polar surface area (TPSA) is 96.4 Å². The normalized spacial score (nSPS) is 36.8. The molecule has 4 aliphatic rings. The Morgan fingerprint density at radius 3 is 2.57 bits per heavy atom. The van der Waals surface area contributed by atoms with E-state index in [9.17, 15) is 19.5 Å². The highest BCUT2D eigenvalue weighted by molar-refractivity contribution is 5.99. The lowest BCUT2D eigenvalue weighted by atomic mass is 9.73. The van der Waals surface area contributed by atoms with E-state index in [1.54, 1.807) is 4.90 Å². The van der Waals surface area contributed by atoms with Gasteiger partial charge in [-0.1, -0.05) is 51.5 Å². The number of cyclic esters (lactones) is 1. The molecule has 0 aromatic rings. The van der Waals surface area contributed by atoms with Crippen molar-refractivity contribution < 1.29 is 29.0 Å². The number of aliphatic hydroxyl groups is 1. The molecule has 35 heavy (non-hydrogen) atoms. The standard InChI is InChI=1S/C27H40N2O6/c1-4-7-15-28-16-12-14-27-20(23(31)29(19(5-2)18-30)22(27)24(28)32)21-25(33)34-17-11-9-8-10-13-26(21,6-3)35-27/h10,12-14,19-22,30H,4-9,11,15-18H2,1-3H3/b13-10-/t19-,20-,21-,22?,26+,27-/m0/s1. The number of esters is 1. The largest absolute Gasteiger partial charge is 0.465 e. The minimum absolute atomic E-state index is 0.182. The van der Waals surface area contributed by atoms with Crippen molar-refractivity contribution in [2.75, 3.05) is 26.3 Å². The second-order valence-corrected chi connectivity index (χ2v) is 10.2. The van der Waals surface area contributed by atoms with E-state index in [-0.39, 0.29) is 18.4 Å². The molecule has 2 fully saturated rings. The van der Waals surface area contributed by atoms with Crippen LogP contribution in [0.15, 0.2) is 24.3 Å². The summed E-state index contributed by atoms with van der Waals surface area (Å²) in [6.45, 7) is 6.96. The first-order valence-corrected chi connectivity index (χ1v) is 13.3. The van der Waals surface area contributed by atoms with Crippen LogP contribution < -0.4 is 0 Å². The second kappa shape index (κ2) is 10.4. The SMILES string of the molecule is CCCCN1CC=C[C@]23O[C@]4(CC)/C=C\CCCCOC(=O)[C@@H]4[C@H]2C(=O)N([C@@H](CC)CO)C3C1=O. The Balaban J connectivity index is 1.89. The monoisotopic (exact) mass is 488 g/mol. The summed E-state index contributed by atoms with van der Waals surface area (Å²) in [6.07, 6.45) is 13.0. The Labute approximate surface area is 208 Å². The molecular weight excluding hydrogens is 448 g/mol. The quantitative estimate of drug-likeness (QED) is 0.437. The van der Waals surface area contributed by atoms with E-state index in [0.29, 0.717) is 32.5 Å². The van der Waals surface area contributed by atoms with Crippen LogP contribution in [-0.2, 0) is 23.9 Å². The molecule has 4 heterocycles. The molecule has 0 bridgehead atoms. The van der Waals surface area contributed by atoms with E-state index < -0.39 is 41.1 Å². The number of rotatable bonds is 7. The first kappa shape index (κ1) is 25.9. The maximum absolute atomic E-state index is 14.2. The Morgan fingerprint density at radius 1 is 1.09 bits per heavy atom. The molecule has 4 rings (SSSR count). The molecule has 0 aromatic heterocycles. The van der Waals surface area contributed by atoms with Crippen LogP contribution in [0.4, 0.5) is 0 Å². The summed E-state index contributed by atoms with van der Waals surface area (Å²) in [6, 6.07) is -1.47. The Kier molecular flexibility index (Phi) is 7.71. The molecule has 2 amide bonds. The lowest BCUT2D eigenvalue weighted by molar-refractivity contribution is -0.163. The summed E-state index contributed by atoms with van der Waals surface area (Å²) in [5.74, 6) is -2.69. The number of likely N-dealkylation sites (tertiary alicyclic amines) is 1. The van der Waals surface area contributed by atoms with E-state index in [1.165, 1.54) is 4.90 Å². The van der Waals surface area contributed by atoms with Crippen LogP contribution in [0.2, 0.25) is 0 Å². The fraction of sp³-hybridized carbons (Fsp3) is 0.741. The predicted molar refractivity (Wildman–Crippen MR) is 130 cm³/mol. The fourth-order valence-corrected chi connectivity index (χ4v) is 6.38. The fourth-order valence-electron chi connectivity index (χ4n) is 6.38. The predicted octanol–water partition coefficient (Wildman–Crippen LogP) is 2.60. The number of carbonyl (C=O) groups is 3. The number of nitrogens with zero attached hydrogens (tertiary/aromatic N) is 2. The number of allylic oxidation sites excluding steroid dienone is 1. The highest BCUT2D eigenvalue weighted by Gasteiger charge is 2.75. The lowest BCUT2D eigenvalue weighted by Crippen LogP contribution is -2.58. The molecular formula is C27H40N2O6. The van der Waals surface area contributed by atoms with Crippen molar-refractivity contribution in [2.24, 2.45) is 11.8 Å². The maximum Gasteiger partial charge on any atom is 0.313 e. The average Bonchev–Trinajstić information content (AvgIpc) is 3.22. The molecule has 8 nitrogen and oxygen atoms in total. The van der Waals surface area contributed by atoms with E-state index in [2.05, 4.69) is 6.92 Å². The third kappa shape index (κ3) is 4.12. The van der Waals surface area contributed by atoms with Crippen LogP contribution in [0.3, 0.4) is 0 Å². The van der Waals surface area contributed by atoms with Gasteiger partial charge in [0.15, 0.2) is 0 Å². The molecule has 1 unspecified atom stereocenters. The van der Waals surface area contributed by atoms with E-state index in [4.69, 9.17) is 9.47 Å². The van der Waals surface area contributed by atoms with Gasteiger partial charge in [0.05, 0.1) is 25.2 Å². The van der Waals surface area contributed by atoms with Crippen molar-refractivity contribution in [3.05, 3.63) is 24.3 Å². The maximum atomic E-state index is 14.2. The number of aliphatic hydroxyl groups excluding tert-OH is 1. The van der Waals surface area contributed by atoms with Gasteiger partial charge in [0.1, 0.15) is 23.2 Å². The number of carbonyl (C=O) groups excluding carboxylic acids is 3. The number of fused-ring (bicyclic) bond motifs is 2. The molecule has 0 aromatic carbocycles. The molecule has 1 spiro atoms. The summed E-state index contributed by atoms with van der Waals surface area (Å²) in [5.41, 5.74) is -2.33. The summed E-state index contributed by atoms with van der Waals surface area (Å²) in [5, 5.41) is 10.2. The number of amides is 2. The molecule has 8 heteroatoms. The summed E-state index contributed by atoms with van der Waals surface area (Å²) in [4.78, 5) is 45.1. The van der Waals surface area contributed by atoms with Crippen molar-refractivity contribution in [1.29, 1.82) is 0 Å². The summed E-state index contributed by atoms with van der Waals surface area (Å²) < 4.78 is 12.6. The van der Waals surface area contributed by atoms with Crippen molar-refractivity contribution in [2.45, 2.75) is 89.0 Å². The van der Waals surface area contributed by atoms with E-state index in [1.807, 2.05) is 38.2 Å². The Morgan fingerprint density at radius 2 is 1.89 bits per heavy atom. The number of hydrogen-bond acceptors (Lipinski definition) is 6. The van der Waals surface area contributed by atoms with E-state index >= 15 is 0 Å². The van der Waals surface area contributed by atoms with Gasteiger partial charge in [-0.25, -0.2) is 0 Å². The summed E-state index contributed by atoms with van der Waals surface area (Å²) >= 11 is 0. The number of unbranched alkanes of at least 4 members (excludes halogenated alkanes) is 1. The molecule has 194 valence electrons. The minimum atomic E-state index is -1.30. The second-order valence-electron chi connectivity index (χ2n) is 10.2. The van der Waals surface area contributed by atoms with Crippen molar-refractivity contribution >= 4 is 17.8 Å². The van der Waals surface area contributed by atoms with Gasteiger partial charge < -0.3 is 24.4 Å². The molecule has 1 N–H and O–H groups in total. The van der Waals surface area contributed by atoms with Gasteiger partial charge in [-0.2, -0.15) is 0 Å². The molecule has 0 radical (unpaired) electrons. The lowest BCUT2D eigenvalue weighted by Gasteiger charge is -2.40. The number of ether oxygens (including phenoxy) is 2. The third-order valence-electron chi connectivity index (χ3n) is 8.26. The van der Waals surface area contributed by atoms with E-state index in [0.717, 1.165) is 32.1 Å². The van der Waals surface area contributed by atoms with Gasteiger partial charge in [-0.05, 0) is 38.5 Å². The van der Waals surface area contributed by atoms with Crippen molar-refractivity contribution in [1.82, 2.24) is 9.80 Å². The Hall–Kier alpha value is -2.19. The van der Waals surface area contributed by atoms with Gasteiger partial charge in [-0.3, -0.25) is 14.4 Å².